The number of aliphatic hydroxyl groups excluding tert-OH is 1. The van der Waals surface area contributed by atoms with Crippen LogP contribution < -0.4 is 10.1 Å². The predicted molar refractivity (Wildman–Crippen MR) is 87.0 cm³/mol. The summed E-state index contributed by atoms with van der Waals surface area (Å²) >= 11 is 0. The topological polar surface area (TPSA) is 61.8 Å². The quantitative estimate of drug-likeness (QED) is 0.846. The average Bonchev–Trinajstić information content (AvgIpc) is 2.51. The minimum absolute atomic E-state index is 0.0115. The van der Waals surface area contributed by atoms with Crippen molar-refractivity contribution in [3.05, 3.63) is 23.8 Å². The van der Waals surface area contributed by atoms with Crippen molar-refractivity contribution in [1.29, 1.82) is 0 Å². The predicted octanol–water partition coefficient (Wildman–Crippen LogP) is 2.25. The van der Waals surface area contributed by atoms with E-state index in [9.17, 15) is 9.90 Å². The van der Waals surface area contributed by atoms with Crippen molar-refractivity contribution in [1.82, 2.24) is 4.90 Å². The van der Waals surface area contributed by atoms with Gasteiger partial charge in [0.05, 0.1) is 19.8 Å². The van der Waals surface area contributed by atoms with Gasteiger partial charge in [-0.1, -0.05) is 6.92 Å². The van der Waals surface area contributed by atoms with Crippen molar-refractivity contribution < 1.29 is 14.6 Å². The number of aliphatic hydroxyl groups is 1. The lowest BCUT2D eigenvalue weighted by molar-refractivity contribution is -0.117. The number of nitrogens with zero attached hydrogens (tertiary/aromatic N) is 1. The summed E-state index contributed by atoms with van der Waals surface area (Å²) in [6, 6.07) is 5.36. The van der Waals surface area contributed by atoms with Crippen LogP contribution in [0.15, 0.2) is 18.2 Å². The van der Waals surface area contributed by atoms with Gasteiger partial charge in [-0.15, -0.1) is 0 Å². The maximum absolute atomic E-state index is 12.1. The summed E-state index contributed by atoms with van der Waals surface area (Å²) in [7, 11) is 0. The fourth-order valence-corrected chi connectivity index (χ4v) is 2.70. The first kappa shape index (κ1) is 16.8. The summed E-state index contributed by atoms with van der Waals surface area (Å²) in [5.41, 5.74) is 1.38. The van der Waals surface area contributed by atoms with E-state index in [4.69, 9.17) is 4.74 Å². The molecule has 0 saturated carbocycles. The first-order chi connectivity index (χ1) is 10.6. The molecule has 0 aliphatic carbocycles. The summed E-state index contributed by atoms with van der Waals surface area (Å²) in [4.78, 5) is 14.3. The van der Waals surface area contributed by atoms with E-state index in [-0.39, 0.29) is 12.5 Å². The van der Waals surface area contributed by atoms with Crippen molar-refractivity contribution in [2.24, 2.45) is 5.92 Å². The Labute approximate surface area is 132 Å². The molecule has 22 heavy (non-hydrogen) atoms. The maximum atomic E-state index is 12.1. The Kier molecular flexibility index (Phi) is 6.21. The maximum Gasteiger partial charge on any atom is 0.238 e. The lowest BCUT2D eigenvalue weighted by atomic mass is 9.99. The molecule has 1 aromatic carbocycles. The van der Waals surface area contributed by atoms with Crippen LogP contribution >= 0.6 is 0 Å². The van der Waals surface area contributed by atoms with Crippen molar-refractivity contribution >= 4 is 11.6 Å². The smallest absolute Gasteiger partial charge is 0.238 e. The second-order valence-corrected chi connectivity index (χ2v) is 5.92. The van der Waals surface area contributed by atoms with E-state index in [1.165, 1.54) is 0 Å². The third-order valence-corrected chi connectivity index (χ3v) is 4.06. The molecule has 1 aromatic rings. The molecule has 1 aliphatic rings. The summed E-state index contributed by atoms with van der Waals surface area (Å²) in [5.74, 6) is 1.41. The molecule has 1 heterocycles. The van der Waals surface area contributed by atoms with E-state index in [2.05, 4.69) is 17.1 Å². The number of rotatable bonds is 6. The Balaban J connectivity index is 1.91. The fraction of sp³-hybridized carbons (Fsp3) is 0.588. The Bertz CT molecular complexity index is 497. The molecule has 0 radical (unpaired) electrons. The van der Waals surface area contributed by atoms with Gasteiger partial charge in [0.1, 0.15) is 5.75 Å². The van der Waals surface area contributed by atoms with Crippen molar-refractivity contribution in [2.75, 3.05) is 31.6 Å². The largest absolute Gasteiger partial charge is 0.494 e. The number of likely N-dealkylation sites (tertiary alicyclic amines) is 1. The molecule has 5 heteroatoms. The van der Waals surface area contributed by atoms with Gasteiger partial charge in [0, 0.05) is 11.3 Å². The summed E-state index contributed by atoms with van der Waals surface area (Å²) in [5, 5.41) is 12.3. The molecule has 0 spiro atoms. The Morgan fingerprint density at radius 2 is 2.14 bits per heavy atom. The fourth-order valence-electron chi connectivity index (χ4n) is 2.70. The van der Waals surface area contributed by atoms with Crippen LogP contribution in [0.1, 0.15) is 32.3 Å². The van der Waals surface area contributed by atoms with E-state index in [0.717, 1.165) is 31.8 Å². The number of ether oxygens (including phenoxy) is 1. The lowest BCUT2D eigenvalue weighted by Gasteiger charge is -2.29. The highest BCUT2D eigenvalue weighted by Gasteiger charge is 2.18. The van der Waals surface area contributed by atoms with Crippen LogP contribution in [0.3, 0.4) is 0 Å². The second kappa shape index (κ2) is 8.15. The number of amides is 1. The summed E-state index contributed by atoms with van der Waals surface area (Å²) in [6.07, 6.45) is 2.32. The van der Waals surface area contributed by atoms with Gasteiger partial charge in [-0.25, -0.2) is 0 Å². The van der Waals surface area contributed by atoms with Gasteiger partial charge in [0.25, 0.3) is 0 Å². The summed E-state index contributed by atoms with van der Waals surface area (Å²) in [6.45, 7) is 6.99. The van der Waals surface area contributed by atoms with Gasteiger partial charge in [-0.3, -0.25) is 9.69 Å². The van der Waals surface area contributed by atoms with Crippen LogP contribution in [-0.2, 0) is 11.4 Å². The standard InChI is InChI=1S/C17H26N2O3/c1-3-22-16-5-4-15(10-14(16)12-20)18-17(21)11-19-8-6-13(2)7-9-19/h4-5,10,13,20H,3,6-9,11-12H2,1-2H3,(H,18,21). The van der Waals surface area contributed by atoms with E-state index in [1.54, 1.807) is 18.2 Å². The molecule has 2 rings (SSSR count). The molecule has 0 unspecified atom stereocenters. The Morgan fingerprint density at radius 3 is 2.77 bits per heavy atom. The van der Waals surface area contributed by atoms with E-state index in [1.807, 2.05) is 6.92 Å². The third-order valence-electron chi connectivity index (χ3n) is 4.06. The van der Waals surface area contributed by atoms with E-state index in [0.29, 0.717) is 30.2 Å². The minimum Gasteiger partial charge on any atom is -0.494 e. The van der Waals surface area contributed by atoms with Crippen LogP contribution in [0.2, 0.25) is 0 Å². The first-order valence-electron chi connectivity index (χ1n) is 8.01. The van der Waals surface area contributed by atoms with E-state index >= 15 is 0 Å². The zero-order valence-corrected chi connectivity index (χ0v) is 13.5. The van der Waals surface area contributed by atoms with Gasteiger partial charge < -0.3 is 15.2 Å². The van der Waals surface area contributed by atoms with Crippen molar-refractivity contribution in [3.8, 4) is 5.75 Å². The van der Waals surface area contributed by atoms with Crippen molar-refractivity contribution in [2.45, 2.75) is 33.3 Å². The monoisotopic (exact) mass is 306 g/mol. The van der Waals surface area contributed by atoms with Gasteiger partial charge in [0.2, 0.25) is 5.91 Å². The van der Waals surface area contributed by atoms with Crippen LogP contribution in [0, 0.1) is 5.92 Å². The Hall–Kier alpha value is -1.59. The molecule has 1 amide bonds. The number of piperidine rings is 1. The molecule has 1 fully saturated rings. The number of carbonyl (C=O) groups is 1. The first-order valence-corrected chi connectivity index (χ1v) is 8.01. The van der Waals surface area contributed by atoms with Gasteiger partial charge >= 0.3 is 0 Å². The number of carbonyl (C=O) groups excluding carboxylic acids is 1. The number of nitrogens with one attached hydrogen (secondary N) is 1. The minimum atomic E-state index is -0.108. The van der Waals surface area contributed by atoms with Gasteiger partial charge in [-0.2, -0.15) is 0 Å². The zero-order valence-electron chi connectivity index (χ0n) is 13.5. The second-order valence-electron chi connectivity index (χ2n) is 5.92. The molecular weight excluding hydrogens is 280 g/mol. The average molecular weight is 306 g/mol. The van der Waals surface area contributed by atoms with Crippen LogP contribution in [0.25, 0.3) is 0 Å². The normalized spacial score (nSPS) is 16.5. The molecular formula is C17H26N2O3. The van der Waals surface area contributed by atoms with Gasteiger partial charge in [-0.05, 0) is 57.0 Å². The number of hydrogen-bond donors (Lipinski definition) is 2. The summed E-state index contributed by atoms with van der Waals surface area (Å²) < 4.78 is 5.44. The van der Waals surface area contributed by atoms with Crippen LogP contribution in [0.4, 0.5) is 5.69 Å². The van der Waals surface area contributed by atoms with Gasteiger partial charge in [0.15, 0.2) is 0 Å². The molecule has 1 saturated heterocycles. The molecule has 5 nitrogen and oxygen atoms in total. The van der Waals surface area contributed by atoms with Crippen LogP contribution in [0.5, 0.6) is 5.75 Å². The number of hydrogen-bond acceptors (Lipinski definition) is 4. The van der Waals surface area contributed by atoms with Crippen LogP contribution in [-0.4, -0.2) is 42.2 Å². The molecule has 2 N–H and O–H groups in total. The highest BCUT2D eigenvalue weighted by molar-refractivity contribution is 5.92. The Morgan fingerprint density at radius 1 is 1.41 bits per heavy atom. The highest BCUT2D eigenvalue weighted by atomic mass is 16.5. The molecule has 0 aromatic heterocycles. The molecule has 1 aliphatic heterocycles. The number of anilines is 1. The van der Waals surface area contributed by atoms with Crippen molar-refractivity contribution in [3.63, 3.8) is 0 Å². The SMILES string of the molecule is CCOc1ccc(NC(=O)CN2CCC(C)CC2)cc1CO. The molecule has 0 bridgehead atoms. The van der Waals surface area contributed by atoms with E-state index < -0.39 is 0 Å². The lowest BCUT2D eigenvalue weighted by Crippen LogP contribution is -2.38. The zero-order chi connectivity index (χ0) is 15.9. The number of benzene rings is 1. The third kappa shape index (κ3) is 4.71. The highest BCUT2D eigenvalue weighted by Crippen LogP contribution is 2.23. The molecule has 122 valence electrons. The molecule has 0 atom stereocenters.